The summed E-state index contributed by atoms with van der Waals surface area (Å²) in [6.07, 6.45) is 4.07. The van der Waals surface area contributed by atoms with Crippen molar-refractivity contribution in [2.24, 2.45) is 5.92 Å². The predicted molar refractivity (Wildman–Crippen MR) is 134 cm³/mol. The number of hydrogen-bond acceptors (Lipinski definition) is 3. The van der Waals surface area contributed by atoms with Crippen LogP contribution in [-0.2, 0) is 11.3 Å². The number of benzene rings is 2. The van der Waals surface area contributed by atoms with Crippen molar-refractivity contribution >= 4 is 32.9 Å². The first-order chi connectivity index (χ1) is 15.6. The molecule has 0 bridgehead atoms. The summed E-state index contributed by atoms with van der Waals surface area (Å²) in [7, 11) is 0. The van der Waals surface area contributed by atoms with Gasteiger partial charge in [-0.1, -0.05) is 48.0 Å². The first kappa shape index (κ1) is 23.0. The van der Waals surface area contributed by atoms with Crippen LogP contribution in [-0.4, -0.2) is 51.4 Å². The number of nitrogens with zero attached hydrogens (tertiary/aromatic N) is 4. The Balaban J connectivity index is 1.58. The van der Waals surface area contributed by atoms with Crippen LogP contribution >= 0.6 is 15.9 Å². The van der Waals surface area contributed by atoms with Crippen LogP contribution in [0.25, 0.3) is 16.7 Å². The molecule has 4 rings (SSSR count). The van der Waals surface area contributed by atoms with E-state index in [0.717, 1.165) is 85.4 Å². The molecule has 1 aliphatic heterocycles. The monoisotopic (exact) mass is 496 g/mol. The van der Waals surface area contributed by atoms with Gasteiger partial charge < -0.3 is 4.90 Å². The molecule has 1 aromatic heterocycles. The Morgan fingerprint density at radius 3 is 2.66 bits per heavy atom. The Hall–Kier alpha value is -2.18. The van der Waals surface area contributed by atoms with Gasteiger partial charge in [-0.3, -0.25) is 14.3 Å². The molecule has 1 amide bonds. The van der Waals surface area contributed by atoms with E-state index in [4.69, 9.17) is 4.98 Å². The van der Waals surface area contributed by atoms with Crippen LogP contribution in [0.3, 0.4) is 0 Å². The van der Waals surface area contributed by atoms with Crippen LogP contribution in [0.2, 0.25) is 0 Å². The van der Waals surface area contributed by atoms with Gasteiger partial charge in [0.15, 0.2) is 0 Å². The van der Waals surface area contributed by atoms with Gasteiger partial charge in [0.2, 0.25) is 5.91 Å². The van der Waals surface area contributed by atoms with E-state index in [0.29, 0.717) is 5.91 Å². The van der Waals surface area contributed by atoms with Crippen molar-refractivity contribution in [1.29, 1.82) is 0 Å². The maximum absolute atomic E-state index is 13.2. The molecule has 5 nitrogen and oxygen atoms in total. The normalized spacial score (nSPS) is 17.0. The highest BCUT2D eigenvalue weighted by atomic mass is 79.9. The second-order valence-corrected chi connectivity index (χ2v) is 9.65. The lowest BCUT2D eigenvalue weighted by Gasteiger charge is -2.34. The number of fused-ring (bicyclic) bond motifs is 1. The summed E-state index contributed by atoms with van der Waals surface area (Å²) in [5, 5.41) is 0. The Labute approximate surface area is 199 Å². The van der Waals surface area contributed by atoms with Crippen LogP contribution in [0.4, 0.5) is 0 Å². The Kier molecular flexibility index (Phi) is 7.63. The number of amides is 1. The van der Waals surface area contributed by atoms with Crippen LogP contribution in [0.15, 0.2) is 53.0 Å². The van der Waals surface area contributed by atoms with E-state index >= 15 is 0 Å². The summed E-state index contributed by atoms with van der Waals surface area (Å²) in [4.78, 5) is 22.7. The van der Waals surface area contributed by atoms with E-state index in [-0.39, 0.29) is 5.92 Å². The van der Waals surface area contributed by atoms with Crippen LogP contribution < -0.4 is 0 Å². The average Bonchev–Trinajstić information content (AvgIpc) is 3.16. The second kappa shape index (κ2) is 10.6. The molecule has 6 heteroatoms. The minimum Gasteiger partial charge on any atom is -0.342 e. The van der Waals surface area contributed by atoms with E-state index in [1.807, 2.05) is 12.1 Å². The first-order valence-electron chi connectivity index (χ1n) is 11.8. The minimum absolute atomic E-state index is 0.0885. The van der Waals surface area contributed by atoms with Crippen LogP contribution in [0.1, 0.15) is 45.4 Å². The number of likely N-dealkylation sites (tertiary alicyclic amines) is 1. The van der Waals surface area contributed by atoms with Crippen molar-refractivity contribution in [2.45, 2.75) is 46.1 Å². The molecule has 0 spiro atoms. The number of piperidine rings is 1. The SMILES string of the molecule is CCCN(CCC)C(=O)[C@@H]1CCCN(Cc2nc3ccccc3n2-c2cccc(Br)c2)C1. The molecule has 2 heterocycles. The van der Waals surface area contributed by atoms with E-state index in [1.54, 1.807) is 0 Å². The largest absolute Gasteiger partial charge is 0.342 e. The maximum atomic E-state index is 13.2. The molecule has 0 saturated carbocycles. The molecular formula is C26H33BrN4O. The van der Waals surface area contributed by atoms with Gasteiger partial charge in [0.1, 0.15) is 5.82 Å². The molecule has 1 saturated heterocycles. The fourth-order valence-corrected chi connectivity index (χ4v) is 5.20. The maximum Gasteiger partial charge on any atom is 0.226 e. The molecule has 1 atom stereocenters. The fraction of sp³-hybridized carbons (Fsp3) is 0.462. The lowest BCUT2D eigenvalue weighted by atomic mass is 9.96. The molecule has 0 radical (unpaired) electrons. The molecule has 0 N–H and O–H groups in total. The molecule has 3 aromatic rings. The van der Waals surface area contributed by atoms with Crippen LogP contribution in [0.5, 0.6) is 0 Å². The van der Waals surface area contributed by atoms with Crippen molar-refractivity contribution in [3.63, 3.8) is 0 Å². The van der Waals surface area contributed by atoms with Crippen molar-refractivity contribution in [2.75, 3.05) is 26.2 Å². The van der Waals surface area contributed by atoms with E-state index < -0.39 is 0 Å². The molecule has 0 aliphatic carbocycles. The summed E-state index contributed by atoms with van der Waals surface area (Å²) in [6, 6.07) is 16.7. The molecular weight excluding hydrogens is 464 g/mol. The molecule has 1 aliphatic rings. The summed E-state index contributed by atoms with van der Waals surface area (Å²) in [5.74, 6) is 1.45. The van der Waals surface area contributed by atoms with Gasteiger partial charge in [0.05, 0.1) is 23.5 Å². The standard InChI is InChI=1S/C26H33BrN4O/c1-3-14-30(15-4-2)26(32)20-9-8-16-29(18-20)19-25-28-23-12-5-6-13-24(23)31(25)22-11-7-10-21(27)17-22/h5-7,10-13,17,20H,3-4,8-9,14-16,18-19H2,1-2H3/t20-/m1/s1. The number of carbonyl (C=O) groups excluding carboxylic acids is 1. The molecule has 32 heavy (non-hydrogen) atoms. The minimum atomic E-state index is 0.0885. The van der Waals surface area contributed by atoms with Crippen molar-refractivity contribution in [1.82, 2.24) is 19.4 Å². The third-order valence-electron chi connectivity index (χ3n) is 6.22. The van der Waals surface area contributed by atoms with Crippen molar-refractivity contribution < 1.29 is 4.79 Å². The molecule has 170 valence electrons. The highest BCUT2D eigenvalue weighted by molar-refractivity contribution is 9.10. The number of aromatic nitrogens is 2. The molecule has 1 fully saturated rings. The quantitative estimate of drug-likeness (QED) is 0.404. The summed E-state index contributed by atoms with van der Waals surface area (Å²) >= 11 is 3.61. The lowest BCUT2D eigenvalue weighted by Crippen LogP contribution is -2.45. The van der Waals surface area contributed by atoms with Crippen LogP contribution in [0, 0.1) is 5.92 Å². The van der Waals surface area contributed by atoms with Gasteiger partial charge >= 0.3 is 0 Å². The number of para-hydroxylation sites is 2. The van der Waals surface area contributed by atoms with Gasteiger partial charge in [0, 0.05) is 29.8 Å². The average molecular weight is 497 g/mol. The molecule has 0 unspecified atom stereocenters. The Bertz CT molecular complexity index is 1060. The molecule has 2 aromatic carbocycles. The smallest absolute Gasteiger partial charge is 0.226 e. The zero-order valence-electron chi connectivity index (χ0n) is 19.1. The van der Waals surface area contributed by atoms with Crippen molar-refractivity contribution in [3.05, 3.63) is 58.8 Å². The van der Waals surface area contributed by atoms with Gasteiger partial charge in [-0.05, 0) is 62.6 Å². The number of rotatable bonds is 8. The van der Waals surface area contributed by atoms with E-state index in [1.165, 1.54) is 0 Å². The van der Waals surface area contributed by atoms with E-state index in [2.05, 4.69) is 80.5 Å². The number of imidazole rings is 1. The number of carbonyl (C=O) groups is 1. The highest BCUT2D eigenvalue weighted by Crippen LogP contribution is 2.26. The highest BCUT2D eigenvalue weighted by Gasteiger charge is 2.29. The summed E-state index contributed by atoms with van der Waals surface area (Å²) in [6.45, 7) is 8.58. The van der Waals surface area contributed by atoms with Gasteiger partial charge in [-0.15, -0.1) is 0 Å². The van der Waals surface area contributed by atoms with Crippen molar-refractivity contribution in [3.8, 4) is 5.69 Å². The third kappa shape index (κ3) is 5.07. The zero-order valence-corrected chi connectivity index (χ0v) is 20.7. The third-order valence-corrected chi connectivity index (χ3v) is 6.71. The van der Waals surface area contributed by atoms with E-state index in [9.17, 15) is 4.79 Å². The van der Waals surface area contributed by atoms with Gasteiger partial charge in [-0.25, -0.2) is 4.98 Å². The predicted octanol–water partition coefficient (Wildman–Crippen LogP) is 5.65. The topological polar surface area (TPSA) is 41.4 Å². The second-order valence-electron chi connectivity index (χ2n) is 8.73. The fourth-order valence-electron chi connectivity index (χ4n) is 4.82. The number of halogens is 1. The zero-order chi connectivity index (χ0) is 22.5. The Morgan fingerprint density at radius 1 is 1.12 bits per heavy atom. The number of hydrogen-bond donors (Lipinski definition) is 0. The van der Waals surface area contributed by atoms with Gasteiger partial charge in [0.25, 0.3) is 0 Å². The summed E-state index contributed by atoms with van der Waals surface area (Å²) in [5.41, 5.74) is 3.22. The Morgan fingerprint density at radius 2 is 1.91 bits per heavy atom. The summed E-state index contributed by atoms with van der Waals surface area (Å²) < 4.78 is 3.31. The lowest BCUT2D eigenvalue weighted by molar-refractivity contribution is -0.137. The van der Waals surface area contributed by atoms with Gasteiger partial charge in [-0.2, -0.15) is 0 Å². The first-order valence-corrected chi connectivity index (χ1v) is 12.6.